The van der Waals surface area contributed by atoms with E-state index >= 15 is 0 Å². The van der Waals surface area contributed by atoms with Gasteiger partial charge in [0.1, 0.15) is 5.82 Å². The lowest BCUT2D eigenvalue weighted by Gasteiger charge is -2.11. The number of amides is 1. The van der Waals surface area contributed by atoms with Gasteiger partial charge in [-0.25, -0.2) is 4.98 Å². The van der Waals surface area contributed by atoms with Crippen molar-refractivity contribution < 1.29 is 4.79 Å². The molecule has 4 rings (SSSR count). The number of para-hydroxylation sites is 1. The highest BCUT2D eigenvalue weighted by Gasteiger charge is 2.11. The predicted octanol–water partition coefficient (Wildman–Crippen LogP) is 4.28. The number of hydrogen-bond donors (Lipinski definition) is 1. The van der Waals surface area contributed by atoms with Crippen molar-refractivity contribution in [1.82, 2.24) is 14.9 Å². The number of benzene rings is 3. The predicted molar refractivity (Wildman–Crippen MR) is 115 cm³/mol. The first kappa shape index (κ1) is 18.9. The Balaban J connectivity index is 1.56. The number of nitrogens with zero attached hydrogens (tertiary/aromatic N) is 2. The molecule has 0 bridgehead atoms. The second kappa shape index (κ2) is 7.89. The quantitative estimate of drug-likeness (QED) is 0.553. The zero-order valence-corrected chi connectivity index (χ0v) is 16.5. The molecule has 0 atom stereocenters. The minimum atomic E-state index is -0.188. The fourth-order valence-electron chi connectivity index (χ4n) is 3.20. The summed E-state index contributed by atoms with van der Waals surface area (Å²) in [4.78, 5) is 29.8. The van der Waals surface area contributed by atoms with Crippen molar-refractivity contribution in [2.75, 3.05) is 0 Å². The average Bonchev–Trinajstić information content (AvgIpc) is 2.73. The van der Waals surface area contributed by atoms with Gasteiger partial charge in [-0.1, -0.05) is 35.9 Å². The Bertz CT molecular complexity index is 1250. The SMILES string of the molecule is Cc1nc2ccccc2c(=O)n1-c1ccc(C(=O)NCc2ccc(Cl)cc2)cc1. The molecule has 0 fully saturated rings. The molecular formula is C23H18ClN3O2. The molecule has 0 radical (unpaired) electrons. The molecule has 4 aromatic rings. The van der Waals surface area contributed by atoms with Crippen LogP contribution in [-0.2, 0) is 6.54 Å². The summed E-state index contributed by atoms with van der Waals surface area (Å²) in [5.41, 5.74) is 2.68. The summed E-state index contributed by atoms with van der Waals surface area (Å²) in [6.45, 7) is 2.20. The molecule has 3 aromatic carbocycles. The van der Waals surface area contributed by atoms with Crippen LogP contribution < -0.4 is 10.9 Å². The van der Waals surface area contributed by atoms with E-state index in [9.17, 15) is 9.59 Å². The molecule has 1 N–H and O–H groups in total. The smallest absolute Gasteiger partial charge is 0.265 e. The molecule has 0 aliphatic rings. The van der Waals surface area contributed by atoms with Crippen LogP contribution in [0.1, 0.15) is 21.7 Å². The molecule has 0 aliphatic heterocycles. The van der Waals surface area contributed by atoms with Gasteiger partial charge in [0.15, 0.2) is 0 Å². The zero-order chi connectivity index (χ0) is 20.4. The molecule has 0 saturated carbocycles. The van der Waals surface area contributed by atoms with Gasteiger partial charge < -0.3 is 5.32 Å². The van der Waals surface area contributed by atoms with Gasteiger partial charge in [0.25, 0.3) is 11.5 Å². The highest BCUT2D eigenvalue weighted by Crippen LogP contribution is 2.14. The Morgan fingerprint density at radius 3 is 2.41 bits per heavy atom. The summed E-state index contributed by atoms with van der Waals surface area (Å²) < 4.78 is 1.55. The number of rotatable bonds is 4. The largest absolute Gasteiger partial charge is 0.348 e. The number of aromatic nitrogens is 2. The monoisotopic (exact) mass is 403 g/mol. The second-order valence-corrected chi connectivity index (χ2v) is 7.11. The van der Waals surface area contributed by atoms with Crippen LogP contribution in [0.3, 0.4) is 0 Å². The van der Waals surface area contributed by atoms with Crippen LogP contribution >= 0.6 is 11.6 Å². The number of fused-ring (bicyclic) bond motifs is 1. The molecular weight excluding hydrogens is 386 g/mol. The maximum absolute atomic E-state index is 12.9. The first-order valence-electron chi connectivity index (χ1n) is 9.14. The molecule has 5 nitrogen and oxygen atoms in total. The van der Waals surface area contributed by atoms with Crippen LogP contribution in [0.5, 0.6) is 0 Å². The van der Waals surface area contributed by atoms with E-state index in [1.807, 2.05) is 30.3 Å². The Hall–Kier alpha value is -3.44. The van der Waals surface area contributed by atoms with E-state index in [4.69, 9.17) is 11.6 Å². The van der Waals surface area contributed by atoms with E-state index in [1.165, 1.54) is 0 Å². The van der Waals surface area contributed by atoms with Gasteiger partial charge in [-0.3, -0.25) is 14.2 Å². The van der Waals surface area contributed by atoms with Gasteiger partial charge in [0, 0.05) is 17.1 Å². The standard InChI is InChI=1S/C23H18ClN3O2/c1-15-26-21-5-3-2-4-20(21)23(29)27(15)19-12-8-17(9-13-19)22(28)25-14-16-6-10-18(24)11-7-16/h2-13H,14H2,1H3,(H,25,28). The van der Waals surface area contributed by atoms with Crippen molar-refractivity contribution >= 4 is 28.4 Å². The summed E-state index contributed by atoms with van der Waals surface area (Å²) >= 11 is 5.87. The highest BCUT2D eigenvalue weighted by molar-refractivity contribution is 6.30. The number of carbonyl (C=O) groups is 1. The molecule has 1 aromatic heterocycles. The van der Waals surface area contributed by atoms with E-state index in [2.05, 4.69) is 10.3 Å². The van der Waals surface area contributed by atoms with Crippen molar-refractivity contribution in [3.63, 3.8) is 0 Å². The third-order valence-electron chi connectivity index (χ3n) is 4.70. The van der Waals surface area contributed by atoms with Crippen molar-refractivity contribution in [1.29, 1.82) is 0 Å². The van der Waals surface area contributed by atoms with Gasteiger partial charge in [-0.15, -0.1) is 0 Å². The lowest BCUT2D eigenvalue weighted by molar-refractivity contribution is 0.0951. The maximum atomic E-state index is 12.9. The summed E-state index contributed by atoms with van der Waals surface area (Å²) in [6.07, 6.45) is 0. The van der Waals surface area contributed by atoms with Gasteiger partial charge in [0.2, 0.25) is 0 Å². The Morgan fingerprint density at radius 1 is 1.00 bits per heavy atom. The molecule has 1 heterocycles. The Labute approximate surface area is 172 Å². The Kier molecular flexibility index (Phi) is 5.14. The summed E-state index contributed by atoms with van der Waals surface area (Å²) in [5.74, 6) is 0.404. The number of nitrogens with one attached hydrogen (secondary N) is 1. The minimum Gasteiger partial charge on any atom is -0.348 e. The zero-order valence-electron chi connectivity index (χ0n) is 15.7. The normalized spacial score (nSPS) is 10.8. The third-order valence-corrected chi connectivity index (χ3v) is 4.95. The minimum absolute atomic E-state index is 0.131. The first-order valence-corrected chi connectivity index (χ1v) is 9.52. The van der Waals surface area contributed by atoms with Crippen LogP contribution in [0.15, 0.2) is 77.6 Å². The van der Waals surface area contributed by atoms with Crippen LogP contribution in [0.2, 0.25) is 5.02 Å². The molecule has 6 heteroatoms. The summed E-state index contributed by atoms with van der Waals surface area (Å²) in [5, 5.41) is 4.09. The fourth-order valence-corrected chi connectivity index (χ4v) is 3.32. The van der Waals surface area contributed by atoms with Crippen LogP contribution in [0.25, 0.3) is 16.6 Å². The van der Waals surface area contributed by atoms with E-state index < -0.39 is 0 Å². The second-order valence-electron chi connectivity index (χ2n) is 6.67. The number of aryl methyl sites for hydroxylation is 1. The number of halogens is 1. The average molecular weight is 404 g/mol. The number of hydrogen-bond acceptors (Lipinski definition) is 3. The topological polar surface area (TPSA) is 64.0 Å². The van der Waals surface area contributed by atoms with Crippen molar-refractivity contribution in [2.24, 2.45) is 0 Å². The molecule has 144 valence electrons. The lowest BCUT2D eigenvalue weighted by Crippen LogP contribution is -2.24. The van der Waals surface area contributed by atoms with E-state index in [0.29, 0.717) is 39.5 Å². The van der Waals surface area contributed by atoms with Crippen molar-refractivity contribution in [3.05, 3.63) is 105 Å². The van der Waals surface area contributed by atoms with E-state index in [-0.39, 0.29) is 11.5 Å². The molecule has 0 spiro atoms. The van der Waals surface area contributed by atoms with Crippen molar-refractivity contribution in [2.45, 2.75) is 13.5 Å². The maximum Gasteiger partial charge on any atom is 0.265 e. The molecule has 0 aliphatic carbocycles. The van der Waals surface area contributed by atoms with Gasteiger partial charge in [0.05, 0.1) is 16.6 Å². The van der Waals surface area contributed by atoms with Gasteiger partial charge in [-0.05, 0) is 61.0 Å². The number of carbonyl (C=O) groups excluding carboxylic acids is 1. The molecule has 1 amide bonds. The molecule has 29 heavy (non-hydrogen) atoms. The fraction of sp³-hybridized carbons (Fsp3) is 0.0870. The highest BCUT2D eigenvalue weighted by atomic mass is 35.5. The molecule has 0 unspecified atom stereocenters. The Morgan fingerprint density at radius 2 is 1.69 bits per heavy atom. The third kappa shape index (κ3) is 3.91. The lowest BCUT2D eigenvalue weighted by atomic mass is 10.1. The summed E-state index contributed by atoms with van der Waals surface area (Å²) in [6, 6.07) is 21.5. The van der Waals surface area contributed by atoms with E-state index in [0.717, 1.165) is 5.56 Å². The molecule has 0 saturated heterocycles. The van der Waals surface area contributed by atoms with Crippen molar-refractivity contribution in [3.8, 4) is 5.69 Å². The van der Waals surface area contributed by atoms with E-state index in [1.54, 1.807) is 54.0 Å². The van der Waals surface area contributed by atoms with Crippen LogP contribution in [0.4, 0.5) is 0 Å². The first-order chi connectivity index (χ1) is 14.0. The van der Waals surface area contributed by atoms with Crippen LogP contribution in [0, 0.1) is 6.92 Å². The van der Waals surface area contributed by atoms with Gasteiger partial charge in [-0.2, -0.15) is 0 Å². The van der Waals surface area contributed by atoms with Gasteiger partial charge >= 0.3 is 0 Å². The van der Waals surface area contributed by atoms with Crippen LogP contribution in [-0.4, -0.2) is 15.5 Å². The summed E-state index contributed by atoms with van der Waals surface area (Å²) in [7, 11) is 0.